The Morgan fingerprint density at radius 3 is 0.814 bits per heavy atom. The van der Waals surface area contributed by atoms with Gasteiger partial charge in [0.25, 0.3) is 0 Å². The maximum absolute atomic E-state index is 10.1. The molecular weight excluding hydrogens is 996 g/mol. The minimum absolute atomic E-state index is 0. The number of nitrogens with one attached hydrogen (secondary N) is 3. The van der Waals surface area contributed by atoms with E-state index < -0.39 is 54.1 Å². The Bertz CT molecular complexity index is 1580. The molecule has 3 heterocycles. The monoisotopic (exact) mass is 1070 g/mol. The summed E-state index contributed by atoms with van der Waals surface area (Å²) in [5.41, 5.74) is 1.93. The fourth-order valence-electron chi connectivity index (χ4n) is 5.25. The molecule has 3 atom stereocenters. The van der Waals surface area contributed by atoms with Crippen LogP contribution in [-0.4, -0.2) is 99.4 Å². The first-order valence-corrected chi connectivity index (χ1v) is 23.2. The van der Waals surface area contributed by atoms with E-state index in [0.717, 1.165) is 76.0 Å². The zero-order valence-corrected chi connectivity index (χ0v) is 42.5. The van der Waals surface area contributed by atoms with Gasteiger partial charge in [0.1, 0.15) is 0 Å². The molecule has 0 bridgehead atoms. The Hall–Kier alpha value is -5.76. The van der Waals surface area contributed by atoms with E-state index in [1.54, 1.807) is 0 Å². The van der Waals surface area contributed by atoms with Gasteiger partial charge in [0.2, 0.25) is 0 Å². The second kappa shape index (κ2) is 51.1. The second-order valence-corrected chi connectivity index (χ2v) is 15.2. The molecule has 0 aliphatic carbocycles. The van der Waals surface area contributed by atoms with E-state index in [0.29, 0.717) is 36.3 Å². The van der Waals surface area contributed by atoms with E-state index in [1.165, 1.54) is 114 Å². The zero-order valence-electron chi connectivity index (χ0n) is 40.5. The topological polar surface area (TPSA) is 388 Å². The van der Waals surface area contributed by atoms with Gasteiger partial charge in [0, 0.05) is 21.1 Å². The van der Waals surface area contributed by atoms with Gasteiger partial charge in [-0.15, -0.1) is 0 Å². The van der Waals surface area contributed by atoms with Gasteiger partial charge in [-0.05, 0) is 55.7 Å². The van der Waals surface area contributed by atoms with Gasteiger partial charge in [0.05, 0.1) is 109 Å². The number of carbonyl (C=O) groups is 6. The number of aliphatic hydroxyl groups is 3. The Balaban J connectivity index is -0.000000373. The minimum atomic E-state index is -1.35. The first-order valence-electron chi connectivity index (χ1n) is 23.2. The van der Waals surface area contributed by atoms with Gasteiger partial charge >= 0.3 is 0 Å². The molecule has 396 valence electrons. The third-order valence-corrected chi connectivity index (χ3v) is 9.06. The summed E-state index contributed by atoms with van der Waals surface area (Å²) in [7, 11) is 0. The van der Waals surface area contributed by atoms with Gasteiger partial charge in [-0.2, -0.15) is 0 Å². The number of aromatic amines is 3. The summed E-state index contributed by atoms with van der Waals surface area (Å²) in [5.74, 6) is -7.70. The third-order valence-electron chi connectivity index (χ3n) is 9.06. The normalized spacial score (nSPS) is 11.6. The van der Waals surface area contributed by atoms with Crippen molar-refractivity contribution < 1.29 is 95.8 Å². The quantitative estimate of drug-likeness (QED) is 0.0292. The summed E-state index contributed by atoms with van der Waals surface area (Å²) in [6, 6.07) is 0. The number of rotatable bonds is 30. The van der Waals surface area contributed by atoms with Gasteiger partial charge in [-0.25, -0.2) is 15.0 Å². The number of hydrogen-bond acceptors (Lipinski definition) is 18. The first kappa shape index (κ1) is 70.8. The van der Waals surface area contributed by atoms with Crippen LogP contribution in [0.5, 0.6) is 0 Å². The Kier molecular flexibility index (Phi) is 51.7. The van der Waals surface area contributed by atoms with Gasteiger partial charge in [0.15, 0.2) is 0 Å². The molecule has 0 aliphatic heterocycles. The van der Waals surface area contributed by atoms with Crippen LogP contribution in [-0.2, 0) is 49.8 Å². The molecule has 0 aromatic carbocycles. The molecule has 3 rings (SSSR count). The number of nitrogens with zero attached hydrogens (tertiary/aromatic N) is 3. The number of imidazole rings is 3. The van der Waals surface area contributed by atoms with E-state index in [9.17, 15) is 59.4 Å². The van der Waals surface area contributed by atoms with Crippen molar-refractivity contribution in [3.8, 4) is 0 Å². The molecule has 0 amide bonds. The number of carboxylic acids is 6. The summed E-state index contributed by atoms with van der Waals surface area (Å²) in [4.78, 5) is 79.1. The number of unbranched alkanes of at least 4 members (excludes halogenated alkanes) is 15. The average molecular weight is 1070 g/mol. The summed E-state index contributed by atoms with van der Waals surface area (Å²) >= 11 is 0. The fourth-order valence-corrected chi connectivity index (χ4v) is 5.25. The van der Waals surface area contributed by atoms with Crippen molar-refractivity contribution in [2.24, 2.45) is 0 Å². The largest absolute Gasteiger partial charge is 0.547 e. The SMILES string of the molecule is CCCCCCCCC(O)C(=O)[O-].CCCCCCCCC(O)C(=O)[O-].CCCCCCCCC(O)C(=O)[O-].O=C([O-])C=Cc1cnc[nH]1.O=C([O-])C=Cc1cnc[nH]1.O=C([O-])C=Cc1cnc[nH]1.[Mo]. The van der Waals surface area contributed by atoms with E-state index in [1.807, 2.05) is 0 Å². The molecule has 0 radical (unpaired) electrons. The molecule has 22 heteroatoms. The fraction of sp³-hybridized carbons (Fsp3) is 0.562. The van der Waals surface area contributed by atoms with Crippen LogP contribution in [0.1, 0.15) is 173 Å². The molecule has 3 unspecified atom stereocenters. The van der Waals surface area contributed by atoms with Gasteiger partial charge in [-0.1, -0.05) is 136 Å². The van der Waals surface area contributed by atoms with Crippen molar-refractivity contribution in [2.75, 3.05) is 0 Å². The number of carbonyl (C=O) groups excluding carboxylic acids is 6. The van der Waals surface area contributed by atoms with Gasteiger partial charge in [-0.3, -0.25) is 0 Å². The molecule has 3 aromatic heterocycles. The molecule has 0 fully saturated rings. The second-order valence-electron chi connectivity index (χ2n) is 15.2. The maximum Gasteiger partial charge on any atom is 0.0933 e. The summed E-state index contributed by atoms with van der Waals surface area (Å²) in [6.45, 7) is 6.46. The van der Waals surface area contributed by atoms with E-state index in [-0.39, 0.29) is 21.1 Å². The zero-order chi connectivity index (χ0) is 52.5. The number of aromatic nitrogens is 6. The van der Waals surface area contributed by atoms with Gasteiger partial charge < -0.3 is 89.7 Å². The van der Waals surface area contributed by atoms with Crippen molar-refractivity contribution in [1.29, 1.82) is 0 Å². The van der Waals surface area contributed by atoms with Crippen LogP contribution in [0.4, 0.5) is 0 Å². The summed E-state index contributed by atoms with van der Waals surface area (Å²) in [6.07, 6.45) is 32.8. The molecular formula is C48H72MoN6O15-6. The number of aliphatic hydroxyl groups excluding tert-OH is 3. The summed E-state index contributed by atoms with van der Waals surface area (Å²) in [5, 5.41) is 86.5. The molecule has 0 saturated carbocycles. The van der Waals surface area contributed by atoms with Crippen LogP contribution in [0.2, 0.25) is 0 Å². The Morgan fingerprint density at radius 2 is 0.643 bits per heavy atom. The third kappa shape index (κ3) is 53.2. The van der Waals surface area contributed by atoms with E-state index in [2.05, 4.69) is 50.7 Å². The predicted octanol–water partition coefficient (Wildman–Crippen LogP) is 0.0593. The molecule has 0 saturated heterocycles. The Morgan fingerprint density at radius 1 is 0.429 bits per heavy atom. The molecule has 70 heavy (non-hydrogen) atoms. The molecule has 0 spiro atoms. The number of carboxylic acid groups (broad SMARTS) is 6. The summed E-state index contributed by atoms with van der Waals surface area (Å²) < 4.78 is 0. The molecule has 21 nitrogen and oxygen atoms in total. The maximum atomic E-state index is 10.1. The van der Waals surface area contributed by atoms with Crippen LogP contribution in [0, 0.1) is 0 Å². The molecule has 0 aliphatic rings. The predicted molar refractivity (Wildman–Crippen MR) is 245 cm³/mol. The van der Waals surface area contributed by atoms with Crippen molar-refractivity contribution in [2.45, 2.75) is 174 Å². The van der Waals surface area contributed by atoms with Crippen molar-refractivity contribution in [3.05, 3.63) is 72.9 Å². The molecule has 6 N–H and O–H groups in total. The van der Waals surface area contributed by atoms with Crippen molar-refractivity contribution in [3.63, 3.8) is 0 Å². The number of hydrogen-bond donors (Lipinski definition) is 6. The van der Waals surface area contributed by atoms with Crippen LogP contribution in [0.15, 0.2) is 55.8 Å². The Labute approximate surface area is 425 Å². The minimum Gasteiger partial charge on any atom is -0.547 e. The van der Waals surface area contributed by atoms with Crippen LogP contribution >= 0.6 is 0 Å². The van der Waals surface area contributed by atoms with E-state index in [4.69, 9.17) is 15.3 Å². The number of aliphatic carboxylic acids is 6. The number of H-pyrrole nitrogens is 3. The standard InChI is InChI=1S/3C10H20O3.3C6H6N2O2.Mo/c3*1-2-3-4-5-6-7-8-9(11)10(12)13;3*9-6(10)2-1-5-3-7-4-8-5;/h3*9,11H,2-8H2,1H3,(H,12,13);3*1-4H,(H,7,8)(H,9,10);/p-6. The first-order chi connectivity index (χ1) is 32.9. The average Bonchev–Trinajstić information content (AvgIpc) is 4.14. The van der Waals surface area contributed by atoms with Crippen LogP contribution in [0.3, 0.4) is 0 Å². The van der Waals surface area contributed by atoms with E-state index >= 15 is 0 Å². The molecule has 3 aromatic rings. The van der Waals surface area contributed by atoms with Crippen molar-refractivity contribution in [1.82, 2.24) is 29.9 Å². The van der Waals surface area contributed by atoms with Crippen LogP contribution < -0.4 is 30.6 Å². The van der Waals surface area contributed by atoms with Crippen LogP contribution in [0.25, 0.3) is 18.2 Å². The smallest absolute Gasteiger partial charge is 0.0933 e. The van der Waals surface area contributed by atoms with Crippen molar-refractivity contribution >= 4 is 54.0 Å².